The molecule has 12 heteroatoms. The van der Waals surface area contributed by atoms with Crippen LogP contribution >= 0.6 is 0 Å². The van der Waals surface area contributed by atoms with Crippen molar-refractivity contribution < 1.29 is 31.2 Å². The monoisotopic (exact) mass is 473 g/mol. The van der Waals surface area contributed by atoms with Crippen molar-refractivity contribution in [3.63, 3.8) is 0 Å². The van der Waals surface area contributed by atoms with Crippen LogP contribution in [0, 0.1) is 10.1 Å². The van der Waals surface area contributed by atoms with Crippen molar-refractivity contribution in [3.05, 3.63) is 63.7 Å². The molecular weight excluding hydrogens is 451 g/mol. The molecule has 0 N–H and O–H groups in total. The molecule has 2 aromatic carbocycles. The van der Waals surface area contributed by atoms with Gasteiger partial charge in [0.1, 0.15) is 0 Å². The normalized spacial score (nSPS) is 16.5. The Labute approximate surface area is 183 Å². The molecule has 3 rings (SSSR count). The van der Waals surface area contributed by atoms with E-state index in [1.807, 2.05) is 4.90 Å². The lowest BCUT2D eigenvalue weighted by Gasteiger charge is -2.22. The largest absolute Gasteiger partial charge is 0.490 e. The predicted molar refractivity (Wildman–Crippen MR) is 110 cm³/mol. The molecule has 2 aromatic rings. The Morgan fingerprint density at radius 1 is 1.06 bits per heavy atom. The van der Waals surface area contributed by atoms with Gasteiger partial charge in [-0.15, -0.1) is 0 Å². The number of sulfonamides is 1. The van der Waals surface area contributed by atoms with E-state index in [1.54, 1.807) is 0 Å². The molecular formula is C20H22F3N3O5S. The summed E-state index contributed by atoms with van der Waals surface area (Å²) in [7, 11) is -2.70. The average molecular weight is 473 g/mol. The first-order valence-corrected chi connectivity index (χ1v) is 11.2. The number of hydrogen-bond donors (Lipinski definition) is 0. The molecule has 1 aliphatic heterocycles. The van der Waals surface area contributed by atoms with Crippen molar-refractivity contribution in [1.29, 1.82) is 0 Å². The standard InChI is InChI=1S/C20H22F3N3O5S/c1-31-19-8-7-17(13-18(19)26(27)28)32(29,30)25-10-2-9-24(11-12-25)14-15-3-5-16(6-4-15)20(21,22)23/h3-8,13H,2,9-12,14H2,1H3. The lowest BCUT2D eigenvalue weighted by molar-refractivity contribution is -0.386. The molecule has 1 aliphatic rings. The number of nitro groups is 1. The molecule has 0 bridgehead atoms. The highest BCUT2D eigenvalue weighted by molar-refractivity contribution is 7.89. The molecule has 0 atom stereocenters. The van der Waals surface area contributed by atoms with Crippen molar-refractivity contribution >= 4 is 15.7 Å². The number of halogens is 3. The molecule has 32 heavy (non-hydrogen) atoms. The minimum atomic E-state index is -4.40. The van der Waals surface area contributed by atoms with Gasteiger partial charge in [-0.3, -0.25) is 15.0 Å². The van der Waals surface area contributed by atoms with E-state index in [9.17, 15) is 31.7 Å². The third-order valence-corrected chi connectivity index (χ3v) is 7.11. The maximum atomic E-state index is 13.0. The SMILES string of the molecule is COc1ccc(S(=O)(=O)N2CCCN(Cc3ccc(C(F)(F)F)cc3)CC2)cc1[N+](=O)[O-]. The second kappa shape index (κ2) is 9.43. The average Bonchev–Trinajstić information content (AvgIpc) is 2.99. The molecule has 0 saturated carbocycles. The molecule has 0 amide bonds. The highest BCUT2D eigenvalue weighted by atomic mass is 32.2. The van der Waals surface area contributed by atoms with Gasteiger partial charge in [-0.1, -0.05) is 12.1 Å². The van der Waals surface area contributed by atoms with Crippen molar-refractivity contribution in [2.24, 2.45) is 0 Å². The lowest BCUT2D eigenvalue weighted by atomic mass is 10.1. The van der Waals surface area contributed by atoms with E-state index in [2.05, 4.69) is 0 Å². The zero-order valence-electron chi connectivity index (χ0n) is 17.2. The van der Waals surface area contributed by atoms with E-state index in [-0.39, 0.29) is 23.7 Å². The Kier molecular flexibility index (Phi) is 7.06. The molecule has 0 aromatic heterocycles. The molecule has 1 fully saturated rings. The highest BCUT2D eigenvalue weighted by Crippen LogP contribution is 2.31. The summed E-state index contributed by atoms with van der Waals surface area (Å²) in [4.78, 5) is 12.3. The number of alkyl halides is 3. The third kappa shape index (κ3) is 5.37. The van der Waals surface area contributed by atoms with Gasteiger partial charge in [-0.2, -0.15) is 17.5 Å². The summed E-state index contributed by atoms with van der Waals surface area (Å²) < 4.78 is 70.4. The second-order valence-electron chi connectivity index (χ2n) is 7.32. The molecule has 0 spiro atoms. The van der Waals surface area contributed by atoms with Crippen molar-refractivity contribution in [2.45, 2.75) is 24.0 Å². The third-order valence-electron chi connectivity index (χ3n) is 5.22. The summed E-state index contributed by atoms with van der Waals surface area (Å²) >= 11 is 0. The van der Waals surface area contributed by atoms with Gasteiger partial charge in [0.05, 0.1) is 22.5 Å². The summed E-state index contributed by atoms with van der Waals surface area (Å²) in [6, 6.07) is 8.39. The highest BCUT2D eigenvalue weighted by Gasteiger charge is 2.31. The molecule has 8 nitrogen and oxygen atoms in total. The van der Waals surface area contributed by atoms with E-state index in [4.69, 9.17) is 4.74 Å². The smallest absolute Gasteiger partial charge is 0.416 e. The summed E-state index contributed by atoms with van der Waals surface area (Å²) in [5.41, 5.74) is -0.463. The van der Waals surface area contributed by atoms with E-state index >= 15 is 0 Å². The van der Waals surface area contributed by atoms with Crippen molar-refractivity contribution in [1.82, 2.24) is 9.21 Å². The van der Waals surface area contributed by atoms with Crippen LogP contribution in [0.5, 0.6) is 5.75 Å². The fourth-order valence-corrected chi connectivity index (χ4v) is 5.02. The molecule has 0 aliphatic carbocycles. The van der Waals surface area contributed by atoms with E-state index in [1.165, 1.54) is 35.7 Å². The van der Waals surface area contributed by atoms with Gasteiger partial charge in [0.15, 0.2) is 5.75 Å². The number of ether oxygens (including phenoxy) is 1. The van der Waals surface area contributed by atoms with Gasteiger partial charge < -0.3 is 4.74 Å². The molecule has 174 valence electrons. The number of benzene rings is 2. The first-order chi connectivity index (χ1) is 15.0. The minimum Gasteiger partial charge on any atom is -0.490 e. The van der Waals surface area contributed by atoms with Crippen LogP contribution in [0.25, 0.3) is 0 Å². The Hall–Kier alpha value is -2.70. The van der Waals surface area contributed by atoms with Crippen LogP contribution in [0.15, 0.2) is 47.4 Å². The summed E-state index contributed by atoms with van der Waals surface area (Å²) in [5.74, 6) is -0.0347. The Balaban J connectivity index is 1.70. The van der Waals surface area contributed by atoms with E-state index in [0.717, 1.165) is 18.2 Å². The van der Waals surface area contributed by atoms with E-state index in [0.29, 0.717) is 31.6 Å². The predicted octanol–water partition coefficient (Wildman–Crippen LogP) is 3.52. The topological polar surface area (TPSA) is 93.0 Å². The van der Waals surface area contributed by atoms with Gasteiger partial charge in [0, 0.05) is 32.2 Å². The Morgan fingerprint density at radius 2 is 1.75 bits per heavy atom. The summed E-state index contributed by atoms with van der Waals surface area (Å²) in [6.45, 7) is 1.71. The lowest BCUT2D eigenvalue weighted by Crippen LogP contribution is -2.35. The van der Waals surface area contributed by atoms with Crippen molar-refractivity contribution in [3.8, 4) is 5.75 Å². The first-order valence-electron chi connectivity index (χ1n) is 9.73. The Morgan fingerprint density at radius 3 is 2.34 bits per heavy atom. The number of nitro benzene ring substituents is 1. The number of methoxy groups -OCH3 is 1. The van der Waals surface area contributed by atoms with E-state index < -0.39 is 32.4 Å². The number of nitrogens with zero attached hydrogens (tertiary/aromatic N) is 3. The number of hydrogen-bond acceptors (Lipinski definition) is 6. The maximum Gasteiger partial charge on any atom is 0.416 e. The zero-order valence-corrected chi connectivity index (χ0v) is 18.0. The summed E-state index contributed by atoms with van der Waals surface area (Å²) in [5, 5.41) is 11.2. The molecule has 0 radical (unpaired) electrons. The molecule has 1 saturated heterocycles. The Bertz CT molecular complexity index is 1070. The molecule has 0 unspecified atom stereocenters. The van der Waals surface area contributed by atoms with Gasteiger partial charge >= 0.3 is 11.9 Å². The van der Waals surface area contributed by atoms with Crippen LogP contribution in [0.4, 0.5) is 18.9 Å². The van der Waals surface area contributed by atoms with Crippen LogP contribution in [0.3, 0.4) is 0 Å². The maximum absolute atomic E-state index is 13.0. The van der Waals surface area contributed by atoms with Crippen LogP contribution in [-0.4, -0.2) is 55.8 Å². The fraction of sp³-hybridized carbons (Fsp3) is 0.400. The van der Waals surface area contributed by atoms with Crippen LogP contribution in [0.2, 0.25) is 0 Å². The quantitative estimate of drug-likeness (QED) is 0.471. The fourth-order valence-electron chi connectivity index (χ4n) is 3.53. The molecule has 1 heterocycles. The minimum absolute atomic E-state index is 0.0347. The van der Waals surface area contributed by atoms with Gasteiger partial charge in [-0.05, 0) is 42.8 Å². The van der Waals surface area contributed by atoms with Crippen LogP contribution < -0.4 is 4.74 Å². The van der Waals surface area contributed by atoms with Crippen LogP contribution in [0.1, 0.15) is 17.5 Å². The zero-order chi connectivity index (χ0) is 23.5. The van der Waals surface area contributed by atoms with Gasteiger partial charge in [0.2, 0.25) is 10.0 Å². The summed E-state index contributed by atoms with van der Waals surface area (Å²) in [6.07, 6.45) is -3.88. The van der Waals surface area contributed by atoms with Gasteiger partial charge in [-0.25, -0.2) is 8.42 Å². The second-order valence-corrected chi connectivity index (χ2v) is 9.26. The van der Waals surface area contributed by atoms with Crippen molar-refractivity contribution in [2.75, 3.05) is 33.3 Å². The first kappa shape index (κ1) is 24.0. The number of rotatable bonds is 6. The van der Waals surface area contributed by atoms with Gasteiger partial charge in [0.25, 0.3) is 0 Å². The van der Waals surface area contributed by atoms with Crippen LogP contribution in [-0.2, 0) is 22.7 Å².